The Labute approximate surface area is 182 Å². The lowest BCUT2D eigenvalue weighted by atomic mass is 9.99. The lowest BCUT2D eigenvalue weighted by molar-refractivity contribution is 0.176. The summed E-state index contributed by atoms with van der Waals surface area (Å²) in [5.74, 6) is 1.69. The SMILES string of the molecule is CCNC(=NCc1ccccc1CN1CCCC(C)C1)NCCCOC.I. The Hall–Kier alpha value is -0.860. The molecule has 1 aromatic carbocycles. The topological polar surface area (TPSA) is 48.9 Å². The minimum absolute atomic E-state index is 0. The average Bonchev–Trinajstić information content (AvgIpc) is 2.64. The van der Waals surface area contributed by atoms with Gasteiger partial charge in [-0.25, -0.2) is 4.99 Å². The third kappa shape index (κ3) is 9.25. The maximum atomic E-state index is 5.10. The molecular formula is C21H37IN4O. The molecule has 0 bridgehead atoms. The fraction of sp³-hybridized carbons (Fsp3) is 0.667. The molecule has 0 radical (unpaired) electrons. The highest BCUT2D eigenvalue weighted by molar-refractivity contribution is 14.0. The van der Waals surface area contributed by atoms with Crippen LogP contribution in [0, 0.1) is 5.92 Å². The molecule has 154 valence electrons. The molecule has 0 amide bonds. The van der Waals surface area contributed by atoms with Crippen molar-refractivity contribution in [1.82, 2.24) is 15.5 Å². The fourth-order valence-electron chi connectivity index (χ4n) is 3.47. The lowest BCUT2D eigenvalue weighted by Crippen LogP contribution is -2.38. The van der Waals surface area contributed by atoms with Gasteiger partial charge in [0.1, 0.15) is 0 Å². The molecule has 5 nitrogen and oxygen atoms in total. The minimum atomic E-state index is 0. The van der Waals surface area contributed by atoms with Crippen LogP contribution in [0.2, 0.25) is 0 Å². The first-order valence-corrected chi connectivity index (χ1v) is 10.0. The van der Waals surface area contributed by atoms with Gasteiger partial charge in [-0.05, 0) is 49.8 Å². The maximum absolute atomic E-state index is 5.10. The molecule has 1 fully saturated rings. The van der Waals surface area contributed by atoms with E-state index in [1.165, 1.54) is 37.1 Å². The van der Waals surface area contributed by atoms with Crippen molar-refractivity contribution < 1.29 is 4.74 Å². The Morgan fingerprint density at radius 1 is 1.26 bits per heavy atom. The molecule has 1 saturated heterocycles. The highest BCUT2D eigenvalue weighted by Crippen LogP contribution is 2.19. The van der Waals surface area contributed by atoms with E-state index in [1.54, 1.807) is 7.11 Å². The summed E-state index contributed by atoms with van der Waals surface area (Å²) in [5.41, 5.74) is 2.72. The van der Waals surface area contributed by atoms with Gasteiger partial charge in [0, 0.05) is 39.9 Å². The summed E-state index contributed by atoms with van der Waals surface area (Å²) in [6, 6.07) is 8.72. The highest BCUT2D eigenvalue weighted by atomic mass is 127. The van der Waals surface area contributed by atoms with Gasteiger partial charge < -0.3 is 15.4 Å². The molecule has 6 heteroatoms. The van der Waals surface area contributed by atoms with Crippen LogP contribution in [0.3, 0.4) is 0 Å². The van der Waals surface area contributed by atoms with Gasteiger partial charge in [-0.1, -0.05) is 31.2 Å². The molecule has 0 aliphatic carbocycles. The molecule has 1 aliphatic heterocycles. The summed E-state index contributed by atoms with van der Waals surface area (Å²) in [6.07, 6.45) is 3.66. The quantitative estimate of drug-likeness (QED) is 0.241. The van der Waals surface area contributed by atoms with Crippen molar-refractivity contribution in [2.24, 2.45) is 10.9 Å². The summed E-state index contributed by atoms with van der Waals surface area (Å²) in [4.78, 5) is 7.37. The number of halogens is 1. The molecule has 1 aliphatic rings. The molecule has 1 heterocycles. The number of nitrogens with one attached hydrogen (secondary N) is 2. The summed E-state index contributed by atoms with van der Waals surface area (Å²) < 4.78 is 5.10. The summed E-state index contributed by atoms with van der Waals surface area (Å²) in [7, 11) is 1.74. The molecule has 2 rings (SSSR count). The zero-order valence-electron chi connectivity index (χ0n) is 17.2. The second-order valence-corrected chi connectivity index (χ2v) is 7.22. The van der Waals surface area contributed by atoms with Crippen LogP contribution < -0.4 is 10.6 Å². The molecule has 1 unspecified atom stereocenters. The summed E-state index contributed by atoms with van der Waals surface area (Å²) >= 11 is 0. The molecule has 1 atom stereocenters. The van der Waals surface area contributed by atoms with Gasteiger partial charge in [0.25, 0.3) is 0 Å². The largest absolute Gasteiger partial charge is 0.385 e. The number of methoxy groups -OCH3 is 1. The Morgan fingerprint density at radius 2 is 2.04 bits per heavy atom. The van der Waals surface area contributed by atoms with E-state index in [-0.39, 0.29) is 24.0 Å². The Balaban J connectivity index is 0.00000364. The smallest absolute Gasteiger partial charge is 0.191 e. The predicted octanol–water partition coefficient (Wildman–Crippen LogP) is 3.63. The number of likely N-dealkylation sites (tertiary alicyclic amines) is 1. The van der Waals surface area contributed by atoms with Crippen LogP contribution in [0.4, 0.5) is 0 Å². The Bertz CT molecular complexity index is 553. The van der Waals surface area contributed by atoms with E-state index >= 15 is 0 Å². The number of hydrogen-bond acceptors (Lipinski definition) is 3. The molecule has 0 saturated carbocycles. The van der Waals surface area contributed by atoms with Crippen LogP contribution in [-0.4, -0.2) is 50.8 Å². The highest BCUT2D eigenvalue weighted by Gasteiger charge is 2.17. The van der Waals surface area contributed by atoms with Crippen LogP contribution >= 0.6 is 24.0 Å². The zero-order chi connectivity index (χ0) is 18.6. The average molecular weight is 488 g/mol. The van der Waals surface area contributed by atoms with Gasteiger partial charge in [-0.15, -0.1) is 24.0 Å². The van der Waals surface area contributed by atoms with Gasteiger partial charge in [0.15, 0.2) is 5.96 Å². The maximum Gasteiger partial charge on any atom is 0.191 e. The molecule has 2 N–H and O–H groups in total. The van der Waals surface area contributed by atoms with Crippen molar-refractivity contribution in [3.63, 3.8) is 0 Å². The van der Waals surface area contributed by atoms with Crippen molar-refractivity contribution in [1.29, 1.82) is 0 Å². The Kier molecular flexibility index (Phi) is 12.7. The van der Waals surface area contributed by atoms with Gasteiger partial charge in [-0.3, -0.25) is 4.90 Å². The summed E-state index contributed by atoms with van der Waals surface area (Å²) in [5, 5.41) is 6.70. The molecular weight excluding hydrogens is 451 g/mol. The number of piperidine rings is 1. The zero-order valence-corrected chi connectivity index (χ0v) is 19.5. The third-order valence-corrected chi connectivity index (χ3v) is 4.82. The van der Waals surface area contributed by atoms with E-state index in [1.807, 2.05) is 0 Å². The van der Waals surface area contributed by atoms with Gasteiger partial charge in [-0.2, -0.15) is 0 Å². The first kappa shape index (κ1) is 24.2. The number of ether oxygens (including phenoxy) is 1. The first-order chi connectivity index (χ1) is 12.7. The number of rotatable bonds is 9. The van der Waals surface area contributed by atoms with Crippen molar-refractivity contribution in [3.8, 4) is 0 Å². The molecule has 0 spiro atoms. The van der Waals surface area contributed by atoms with E-state index in [0.717, 1.165) is 44.5 Å². The normalized spacial score (nSPS) is 18.0. The van der Waals surface area contributed by atoms with Crippen LogP contribution in [0.1, 0.15) is 44.2 Å². The van der Waals surface area contributed by atoms with Gasteiger partial charge in [0.05, 0.1) is 6.54 Å². The van der Waals surface area contributed by atoms with Crippen LogP contribution in [0.25, 0.3) is 0 Å². The van der Waals surface area contributed by atoms with Crippen molar-refractivity contribution in [3.05, 3.63) is 35.4 Å². The van der Waals surface area contributed by atoms with Crippen LogP contribution in [0.15, 0.2) is 29.3 Å². The van der Waals surface area contributed by atoms with Crippen LogP contribution in [0.5, 0.6) is 0 Å². The number of benzene rings is 1. The van der Waals surface area contributed by atoms with Crippen molar-refractivity contribution >= 4 is 29.9 Å². The minimum Gasteiger partial charge on any atom is -0.385 e. The van der Waals surface area contributed by atoms with Gasteiger partial charge in [0.2, 0.25) is 0 Å². The van der Waals surface area contributed by atoms with Crippen molar-refractivity contribution in [2.45, 2.75) is 46.2 Å². The predicted molar refractivity (Wildman–Crippen MR) is 125 cm³/mol. The second kappa shape index (κ2) is 14.2. The number of guanidine groups is 1. The van der Waals surface area contributed by atoms with Crippen LogP contribution in [-0.2, 0) is 17.8 Å². The molecule has 27 heavy (non-hydrogen) atoms. The number of hydrogen-bond donors (Lipinski definition) is 2. The second-order valence-electron chi connectivity index (χ2n) is 7.22. The van der Waals surface area contributed by atoms with E-state index in [4.69, 9.17) is 9.73 Å². The van der Waals surface area contributed by atoms with E-state index in [0.29, 0.717) is 6.54 Å². The number of nitrogens with zero attached hydrogens (tertiary/aromatic N) is 2. The standard InChI is InChI=1S/C21H36N4O.HI/c1-4-22-21(23-12-8-14-26-3)24-15-19-10-5-6-11-20(19)17-25-13-7-9-18(2)16-25;/h5-6,10-11,18H,4,7-9,12-17H2,1-3H3,(H2,22,23,24);1H. The molecule has 1 aromatic rings. The van der Waals surface area contributed by atoms with E-state index in [9.17, 15) is 0 Å². The molecule has 0 aromatic heterocycles. The third-order valence-electron chi connectivity index (χ3n) is 4.82. The van der Waals surface area contributed by atoms with E-state index in [2.05, 4.69) is 53.6 Å². The first-order valence-electron chi connectivity index (χ1n) is 10.0. The van der Waals surface area contributed by atoms with E-state index < -0.39 is 0 Å². The Morgan fingerprint density at radius 3 is 2.74 bits per heavy atom. The monoisotopic (exact) mass is 488 g/mol. The van der Waals surface area contributed by atoms with Crippen molar-refractivity contribution in [2.75, 3.05) is 39.9 Å². The number of aliphatic imine (C=N–C) groups is 1. The lowest BCUT2D eigenvalue weighted by Gasteiger charge is -2.31. The summed E-state index contributed by atoms with van der Waals surface area (Å²) in [6.45, 7) is 11.1. The van der Waals surface area contributed by atoms with Gasteiger partial charge >= 0.3 is 0 Å². The fourth-order valence-corrected chi connectivity index (χ4v) is 3.47.